The minimum Gasteiger partial charge on any atom is -0.482 e. The van der Waals surface area contributed by atoms with Gasteiger partial charge in [0.2, 0.25) is 0 Å². The number of nitrogens with one attached hydrogen (secondary N) is 1. The molecule has 1 saturated heterocycles. The van der Waals surface area contributed by atoms with Gasteiger partial charge < -0.3 is 14.8 Å². The van der Waals surface area contributed by atoms with Crippen molar-refractivity contribution in [3.63, 3.8) is 0 Å². The molecule has 0 saturated carbocycles. The Bertz CT molecular complexity index is 655. The molecule has 0 spiro atoms. The van der Waals surface area contributed by atoms with Gasteiger partial charge in [0.25, 0.3) is 0 Å². The summed E-state index contributed by atoms with van der Waals surface area (Å²) in [6, 6.07) is 14.4. The van der Waals surface area contributed by atoms with E-state index < -0.39 is 17.8 Å². The maximum Gasteiger partial charge on any atom is 0.419 e. The zero-order valence-corrected chi connectivity index (χ0v) is 12.9. The summed E-state index contributed by atoms with van der Waals surface area (Å²) in [6.07, 6.45) is -5.45. The van der Waals surface area contributed by atoms with Crippen LogP contribution in [0.5, 0.6) is 5.75 Å². The third-order valence-electron chi connectivity index (χ3n) is 3.87. The Morgan fingerprint density at radius 2 is 1.75 bits per heavy atom. The first kappa shape index (κ1) is 16.8. The van der Waals surface area contributed by atoms with Gasteiger partial charge in [0.1, 0.15) is 11.9 Å². The van der Waals surface area contributed by atoms with Crippen LogP contribution in [0.15, 0.2) is 54.6 Å². The summed E-state index contributed by atoms with van der Waals surface area (Å²) in [5.74, 6) is -0.187. The fourth-order valence-electron chi connectivity index (χ4n) is 2.72. The molecule has 0 aromatic heterocycles. The number of benzene rings is 2. The second-order valence-corrected chi connectivity index (χ2v) is 5.56. The molecule has 2 atom stereocenters. The molecule has 1 N–H and O–H groups in total. The summed E-state index contributed by atoms with van der Waals surface area (Å²) in [7, 11) is 0. The average molecular weight is 337 g/mol. The summed E-state index contributed by atoms with van der Waals surface area (Å²) in [4.78, 5) is 0. The lowest BCUT2D eigenvalue weighted by Gasteiger charge is -2.32. The number of rotatable bonds is 4. The van der Waals surface area contributed by atoms with Crippen LogP contribution in [0, 0.1) is 0 Å². The third-order valence-corrected chi connectivity index (χ3v) is 3.87. The molecule has 128 valence electrons. The van der Waals surface area contributed by atoms with Gasteiger partial charge in [-0.2, -0.15) is 13.2 Å². The van der Waals surface area contributed by atoms with E-state index in [4.69, 9.17) is 9.47 Å². The highest BCUT2D eigenvalue weighted by Crippen LogP contribution is 2.38. The van der Waals surface area contributed by atoms with Gasteiger partial charge in [0.05, 0.1) is 12.2 Å². The Hall–Kier alpha value is -2.05. The highest BCUT2D eigenvalue weighted by Gasteiger charge is 2.36. The second kappa shape index (κ2) is 7.23. The third kappa shape index (κ3) is 3.88. The molecular weight excluding hydrogens is 319 g/mol. The SMILES string of the molecule is FC(F)(F)c1ccccc1O[C@@H](c1ccccc1)[C@@H]1CNCCO1. The lowest BCUT2D eigenvalue weighted by Crippen LogP contribution is -2.43. The van der Waals surface area contributed by atoms with Gasteiger partial charge in [0.15, 0.2) is 6.10 Å². The van der Waals surface area contributed by atoms with Crippen LogP contribution in [0.3, 0.4) is 0 Å². The fraction of sp³-hybridized carbons (Fsp3) is 0.333. The number of halogens is 3. The Morgan fingerprint density at radius 1 is 1.04 bits per heavy atom. The normalized spacial score (nSPS) is 19.7. The first-order valence-corrected chi connectivity index (χ1v) is 7.76. The monoisotopic (exact) mass is 337 g/mol. The van der Waals surface area contributed by atoms with Gasteiger partial charge in [-0.25, -0.2) is 0 Å². The molecule has 6 heteroatoms. The molecule has 0 radical (unpaired) electrons. The Balaban J connectivity index is 1.93. The van der Waals surface area contributed by atoms with E-state index in [9.17, 15) is 13.2 Å². The molecule has 1 heterocycles. The molecule has 2 aromatic carbocycles. The zero-order chi connectivity index (χ0) is 17.0. The van der Waals surface area contributed by atoms with Gasteiger partial charge >= 0.3 is 6.18 Å². The minimum atomic E-state index is -4.47. The summed E-state index contributed by atoms with van der Waals surface area (Å²) in [5.41, 5.74) is -0.00197. The van der Waals surface area contributed by atoms with E-state index in [0.29, 0.717) is 13.2 Å². The van der Waals surface area contributed by atoms with Crippen LogP contribution in [0.2, 0.25) is 0 Å². The van der Waals surface area contributed by atoms with E-state index >= 15 is 0 Å². The van der Waals surface area contributed by atoms with E-state index in [-0.39, 0.29) is 11.9 Å². The molecule has 2 aromatic rings. The maximum absolute atomic E-state index is 13.2. The molecule has 0 amide bonds. The van der Waals surface area contributed by atoms with Crippen LogP contribution < -0.4 is 10.1 Å². The van der Waals surface area contributed by atoms with Crippen molar-refractivity contribution in [2.24, 2.45) is 0 Å². The average Bonchev–Trinajstić information content (AvgIpc) is 2.61. The fourth-order valence-corrected chi connectivity index (χ4v) is 2.72. The number of para-hydroxylation sites is 1. The quantitative estimate of drug-likeness (QED) is 0.920. The highest BCUT2D eigenvalue weighted by molar-refractivity contribution is 5.36. The van der Waals surface area contributed by atoms with Crippen molar-refractivity contribution >= 4 is 0 Å². The van der Waals surface area contributed by atoms with E-state index in [1.807, 2.05) is 30.3 Å². The summed E-state index contributed by atoms with van der Waals surface area (Å²) in [5, 5.41) is 3.19. The summed E-state index contributed by atoms with van der Waals surface area (Å²) >= 11 is 0. The topological polar surface area (TPSA) is 30.5 Å². The largest absolute Gasteiger partial charge is 0.482 e. The number of hydrogen-bond donors (Lipinski definition) is 1. The molecule has 3 rings (SSSR count). The standard InChI is InChI=1S/C18H18F3NO2/c19-18(20,21)14-8-4-5-9-15(14)24-17(13-6-2-1-3-7-13)16-12-22-10-11-23-16/h1-9,16-17,22H,10-12H2/t16-,17-/m0/s1. The van der Waals surface area contributed by atoms with Crippen LogP contribution in [0.4, 0.5) is 13.2 Å². The molecule has 1 fully saturated rings. The first-order valence-electron chi connectivity index (χ1n) is 7.76. The smallest absolute Gasteiger partial charge is 0.419 e. The molecule has 1 aliphatic heterocycles. The van der Waals surface area contributed by atoms with Crippen molar-refractivity contribution in [2.45, 2.75) is 18.4 Å². The Kier molecular flexibility index (Phi) is 5.06. The number of morpholine rings is 1. The van der Waals surface area contributed by atoms with Crippen molar-refractivity contribution < 1.29 is 22.6 Å². The lowest BCUT2D eigenvalue weighted by molar-refractivity contribution is -0.140. The molecule has 1 aliphatic rings. The van der Waals surface area contributed by atoms with Crippen LogP contribution >= 0.6 is 0 Å². The van der Waals surface area contributed by atoms with Crippen LogP contribution in [-0.4, -0.2) is 25.8 Å². The van der Waals surface area contributed by atoms with Crippen molar-refractivity contribution in [2.75, 3.05) is 19.7 Å². The molecule has 0 unspecified atom stereocenters. The Morgan fingerprint density at radius 3 is 2.42 bits per heavy atom. The number of ether oxygens (including phenoxy) is 2. The van der Waals surface area contributed by atoms with Gasteiger partial charge in [-0.05, 0) is 17.7 Å². The molecule has 3 nitrogen and oxygen atoms in total. The first-order chi connectivity index (χ1) is 11.6. The van der Waals surface area contributed by atoms with E-state index in [0.717, 1.165) is 18.2 Å². The predicted molar refractivity (Wildman–Crippen MR) is 83.9 cm³/mol. The highest BCUT2D eigenvalue weighted by atomic mass is 19.4. The number of hydrogen-bond acceptors (Lipinski definition) is 3. The van der Waals surface area contributed by atoms with Gasteiger partial charge in [-0.1, -0.05) is 42.5 Å². The van der Waals surface area contributed by atoms with Crippen molar-refractivity contribution in [1.29, 1.82) is 0 Å². The van der Waals surface area contributed by atoms with Crippen molar-refractivity contribution in [3.8, 4) is 5.75 Å². The van der Waals surface area contributed by atoms with Crippen LogP contribution in [0.25, 0.3) is 0 Å². The second-order valence-electron chi connectivity index (χ2n) is 5.56. The van der Waals surface area contributed by atoms with Gasteiger partial charge in [0, 0.05) is 13.1 Å². The van der Waals surface area contributed by atoms with E-state index in [1.165, 1.54) is 18.2 Å². The maximum atomic E-state index is 13.2. The van der Waals surface area contributed by atoms with Crippen LogP contribution in [0.1, 0.15) is 17.2 Å². The van der Waals surface area contributed by atoms with E-state index in [1.54, 1.807) is 0 Å². The van der Waals surface area contributed by atoms with Crippen LogP contribution in [-0.2, 0) is 10.9 Å². The molecule has 24 heavy (non-hydrogen) atoms. The minimum absolute atomic E-state index is 0.187. The molecule has 0 bridgehead atoms. The van der Waals surface area contributed by atoms with Gasteiger partial charge in [-0.15, -0.1) is 0 Å². The number of alkyl halides is 3. The summed E-state index contributed by atoms with van der Waals surface area (Å²) in [6.45, 7) is 1.74. The van der Waals surface area contributed by atoms with Crippen molar-refractivity contribution in [1.82, 2.24) is 5.32 Å². The predicted octanol–water partition coefficient (Wildman–Crippen LogP) is 3.81. The zero-order valence-electron chi connectivity index (χ0n) is 12.9. The summed E-state index contributed by atoms with van der Waals surface area (Å²) < 4.78 is 51.2. The van der Waals surface area contributed by atoms with Gasteiger partial charge in [-0.3, -0.25) is 0 Å². The molecule has 0 aliphatic carbocycles. The molecular formula is C18H18F3NO2. The Labute approximate surface area is 138 Å². The lowest BCUT2D eigenvalue weighted by atomic mass is 10.0. The van der Waals surface area contributed by atoms with Crippen molar-refractivity contribution in [3.05, 3.63) is 65.7 Å². The van der Waals surface area contributed by atoms with E-state index in [2.05, 4.69) is 5.32 Å².